The van der Waals surface area contributed by atoms with Crippen molar-refractivity contribution < 1.29 is 23.8 Å². The van der Waals surface area contributed by atoms with Crippen molar-refractivity contribution in [1.29, 1.82) is 0 Å². The lowest BCUT2D eigenvalue weighted by atomic mass is 10.0. The maximum Gasteiger partial charge on any atom is 0.410 e. The van der Waals surface area contributed by atoms with E-state index in [2.05, 4.69) is 15.5 Å². The smallest absolute Gasteiger partial charge is 0.410 e. The Bertz CT molecular complexity index is 1040. The van der Waals surface area contributed by atoms with Crippen LogP contribution >= 0.6 is 0 Å². The lowest BCUT2D eigenvalue weighted by Gasteiger charge is -2.26. The largest absolute Gasteiger partial charge is 0.443 e. The number of hydrogen-bond donors (Lipinski definition) is 2. The molecular formula is C27H44N6O5. The summed E-state index contributed by atoms with van der Waals surface area (Å²) in [7, 11) is 0. The monoisotopic (exact) mass is 532 g/mol. The molecule has 1 saturated carbocycles. The predicted molar refractivity (Wildman–Crippen MR) is 143 cm³/mol. The standard InChI is InChI=1S/C26H40N6O5.CH4/c1-26(2,27)24(33)28-21(18-36-16-19-8-5-3-4-6-9-19)23-30-29-22-11-7-10-20(32(22)23)17-37-25(34)31-12-14-35-15-13-31;/h7,10-11,19,21H,3-6,8-9,12-18,27H2,1-2H3,(H,28,33);1H4/t21-;/m1./s1. The molecule has 11 heteroatoms. The molecule has 3 heterocycles. The van der Waals surface area contributed by atoms with E-state index in [1.807, 2.05) is 22.6 Å². The van der Waals surface area contributed by atoms with Crippen molar-refractivity contribution in [2.24, 2.45) is 11.7 Å². The number of rotatable bonds is 9. The van der Waals surface area contributed by atoms with Gasteiger partial charge in [0.1, 0.15) is 12.6 Å². The second-order valence-electron chi connectivity index (χ2n) is 10.6. The summed E-state index contributed by atoms with van der Waals surface area (Å²) in [5.74, 6) is 0.713. The van der Waals surface area contributed by atoms with Gasteiger partial charge in [0.25, 0.3) is 0 Å². The highest BCUT2D eigenvalue weighted by molar-refractivity contribution is 5.85. The number of aromatic nitrogens is 3. The van der Waals surface area contributed by atoms with Gasteiger partial charge < -0.3 is 30.2 Å². The highest BCUT2D eigenvalue weighted by Gasteiger charge is 2.29. The minimum Gasteiger partial charge on any atom is -0.443 e. The Kier molecular flexibility index (Phi) is 10.9. The van der Waals surface area contributed by atoms with Crippen LogP contribution in [-0.2, 0) is 25.6 Å². The molecule has 0 spiro atoms. The molecule has 2 fully saturated rings. The van der Waals surface area contributed by atoms with Crippen LogP contribution < -0.4 is 11.1 Å². The number of pyridine rings is 1. The molecule has 2 aromatic rings. The average molecular weight is 533 g/mol. The van der Waals surface area contributed by atoms with Crippen LogP contribution in [-0.4, -0.2) is 76.6 Å². The third kappa shape index (κ3) is 7.87. The zero-order valence-corrected chi connectivity index (χ0v) is 22.0. The van der Waals surface area contributed by atoms with Gasteiger partial charge in [-0.2, -0.15) is 0 Å². The van der Waals surface area contributed by atoms with Crippen LogP contribution in [0, 0.1) is 5.92 Å². The van der Waals surface area contributed by atoms with Gasteiger partial charge in [0.05, 0.1) is 31.1 Å². The van der Waals surface area contributed by atoms with Gasteiger partial charge in [0.2, 0.25) is 5.91 Å². The van der Waals surface area contributed by atoms with Crippen molar-refractivity contribution >= 4 is 17.6 Å². The number of amides is 2. The third-order valence-electron chi connectivity index (χ3n) is 6.96. The van der Waals surface area contributed by atoms with E-state index in [0.717, 1.165) is 0 Å². The summed E-state index contributed by atoms with van der Waals surface area (Å²) < 4.78 is 18.9. The van der Waals surface area contributed by atoms with E-state index in [9.17, 15) is 9.59 Å². The van der Waals surface area contributed by atoms with Gasteiger partial charge in [-0.3, -0.25) is 9.20 Å². The Morgan fingerprint density at radius 1 is 1.16 bits per heavy atom. The lowest BCUT2D eigenvalue weighted by molar-refractivity contribution is -0.126. The van der Waals surface area contributed by atoms with Crippen molar-refractivity contribution in [3.8, 4) is 0 Å². The van der Waals surface area contributed by atoms with E-state index in [-0.39, 0.29) is 26.5 Å². The van der Waals surface area contributed by atoms with Gasteiger partial charge in [0.15, 0.2) is 11.5 Å². The molecule has 0 aromatic carbocycles. The van der Waals surface area contributed by atoms with Crippen LogP contribution in [0.2, 0.25) is 0 Å². The highest BCUT2D eigenvalue weighted by Crippen LogP contribution is 2.24. The molecule has 1 aliphatic heterocycles. The van der Waals surface area contributed by atoms with Gasteiger partial charge in [-0.25, -0.2) is 4.79 Å². The molecule has 1 atom stereocenters. The maximum absolute atomic E-state index is 12.9. The number of morpholine rings is 1. The van der Waals surface area contributed by atoms with Crippen molar-refractivity contribution in [3.63, 3.8) is 0 Å². The Balaban J connectivity index is 0.00000400. The van der Waals surface area contributed by atoms with E-state index in [1.165, 1.54) is 38.5 Å². The summed E-state index contributed by atoms with van der Waals surface area (Å²) in [6, 6.07) is 4.93. The Morgan fingerprint density at radius 2 is 1.87 bits per heavy atom. The van der Waals surface area contributed by atoms with Crippen molar-refractivity contribution in [2.75, 3.05) is 39.5 Å². The molecule has 2 aliphatic rings. The van der Waals surface area contributed by atoms with E-state index in [0.29, 0.717) is 56.0 Å². The Labute approximate surface area is 225 Å². The molecule has 1 saturated heterocycles. The lowest BCUT2D eigenvalue weighted by Crippen LogP contribution is -2.51. The first-order valence-corrected chi connectivity index (χ1v) is 13.3. The summed E-state index contributed by atoms with van der Waals surface area (Å²) in [5, 5.41) is 11.7. The molecule has 0 unspecified atom stereocenters. The SMILES string of the molecule is C.CC(C)(N)C(=O)N[C@H](COCC1CCCCCC1)c1nnc2cccc(COC(=O)N3CCOCC3)n12. The van der Waals surface area contributed by atoms with Crippen LogP contribution in [0.3, 0.4) is 0 Å². The van der Waals surface area contributed by atoms with Gasteiger partial charge in [-0.1, -0.05) is 39.2 Å². The first-order valence-electron chi connectivity index (χ1n) is 13.3. The second kappa shape index (κ2) is 13.9. The molecule has 4 rings (SSSR count). The number of nitrogens with zero attached hydrogens (tertiary/aromatic N) is 4. The fraction of sp³-hybridized carbons (Fsp3) is 0.704. The molecule has 212 valence electrons. The molecular weight excluding hydrogens is 488 g/mol. The van der Waals surface area contributed by atoms with Crippen molar-refractivity contribution in [2.45, 2.75) is 78.0 Å². The van der Waals surface area contributed by atoms with Gasteiger partial charge in [0, 0.05) is 19.7 Å². The summed E-state index contributed by atoms with van der Waals surface area (Å²) in [6.07, 6.45) is 6.97. The summed E-state index contributed by atoms with van der Waals surface area (Å²) >= 11 is 0. The highest BCUT2D eigenvalue weighted by atomic mass is 16.6. The zero-order valence-electron chi connectivity index (χ0n) is 22.0. The van der Waals surface area contributed by atoms with Gasteiger partial charge >= 0.3 is 6.09 Å². The predicted octanol–water partition coefficient (Wildman–Crippen LogP) is 3.22. The quantitative estimate of drug-likeness (QED) is 0.470. The van der Waals surface area contributed by atoms with E-state index in [4.69, 9.17) is 19.9 Å². The van der Waals surface area contributed by atoms with E-state index < -0.39 is 17.7 Å². The molecule has 1 aliphatic carbocycles. The van der Waals surface area contributed by atoms with Gasteiger partial charge in [-0.05, 0) is 44.7 Å². The van der Waals surface area contributed by atoms with Crippen molar-refractivity contribution in [3.05, 3.63) is 29.7 Å². The molecule has 2 aromatic heterocycles. The molecule has 11 nitrogen and oxygen atoms in total. The first kappa shape index (κ1) is 29.8. The van der Waals surface area contributed by atoms with Crippen LogP contribution in [0.1, 0.15) is 77.4 Å². The second-order valence-corrected chi connectivity index (χ2v) is 10.6. The van der Waals surface area contributed by atoms with Crippen molar-refractivity contribution in [1.82, 2.24) is 24.8 Å². The number of nitrogens with two attached hydrogens (primary N) is 1. The zero-order chi connectivity index (χ0) is 26.3. The average Bonchev–Trinajstić information content (AvgIpc) is 3.15. The van der Waals surface area contributed by atoms with E-state index >= 15 is 0 Å². The fourth-order valence-corrected chi connectivity index (χ4v) is 4.75. The number of ether oxygens (including phenoxy) is 3. The van der Waals surface area contributed by atoms with Crippen LogP contribution in [0.5, 0.6) is 0 Å². The third-order valence-corrected chi connectivity index (χ3v) is 6.96. The minimum absolute atomic E-state index is 0. The van der Waals surface area contributed by atoms with Crippen LogP contribution in [0.25, 0.3) is 5.65 Å². The maximum atomic E-state index is 12.9. The minimum atomic E-state index is -1.07. The molecule has 38 heavy (non-hydrogen) atoms. The van der Waals surface area contributed by atoms with Crippen LogP contribution in [0.4, 0.5) is 4.79 Å². The topological polar surface area (TPSA) is 133 Å². The number of nitrogens with one attached hydrogen (secondary N) is 1. The number of carbonyl (C=O) groups excluding carboxylic acids is 2. The fourth-order valence-electron chi connectivity index (χ4n) is 4.75. The molecule has 0 radical (unpaired) electrons. The van der Waals surface area contributed by atoms with Crippen LogP contribution in [0.15, 0.2) is 18.2 Å². The van der Waals surface area contributed by atoms with Gasteiger partial charge in [-0.15, -0.1) is 10.2 Å². The summed E-state index contributed by atoms with van der Waals surface area (Å²) in [4.78, 5) is 27.0. The molecule has 3 N–H and O–H groups in total. The molecule has 0 bridgehead atoms. The normalized spacial score (nSPS) is 17.9. The summed E-state index contributed by atoms with van der Waals surface area (Å²) in [6.45, 7) is 6.23. The Hall–Kier alpha value is -2.76. The number of carbonyl (C=O) groups is 2. The van der Waals surface area contributed by atoms with E-state index in [1.54, 1.807) is 18.7 Å². The summed E-state index contributed by atoms with van der Waals surface area (Å²) in [5.41, 5.74) is 6.28. The number of hydrogen-bond acceptors (Lipinski definition) is 8. The first-order chi connectivity index (χ1) is 17.8. The molecule has 2 amide bonds. The Morgan fingerprint density at radius 3 is 2.55 bits per heavy atom. The number of fused-ring (bicyclic) bond motifs is 1.